The van der Waals surface area contributed by atoms with Gasteiger partial charge in [0.2, 0.25) is 5.95 Å². The third-order valence-electron chi connectivity index (χ3n) is 6.80. The summed E-state index contributed by atoms with van der Waals surface area (Å²) in [7, 11) is 3.33. The number of hydrogen-bond donors (Lipinski definition) is 3. The lowest BCUT2D eigenvalue weighted by Crippen LogP contribution is -2.44. The van der Waals surface area contributed by atoms with Crippen LogP contribution in [0.25, 0.3) is 11.2 Å². The first-order valence-corrected chi connectivity index (χ1v) is 15.5. The lowest BCUT2D eigenvalue weighted by molar-refractivity contribution is -0.00198. The van der Waals surface area contributed by atoms with E-state index in [0.29, 0.717) is 94.5 Å². The summed E-state index contributed by atoms with van der Waals surface area (Å²) in [4.78, 5) is 27.7. The third-order valence-corrected chi connectivity index (χ3v) is 6.80. The number of aromatic nitrogens is 6. The van der Waals surface area contributed by atoms with Gasteiger partial charge in [0.15, 0.2) is 17.0 Å². The molecule has 262 valence electrons. The highest BCUT2D eigenvalue weighted by atomic mass is 19.1. The number of methoxy groups -OCH3 is 1. The van der Waals surface area contributed by atoms with E-state index >= 15 is 4.39 Å². The average molecular weight is 667 g/mol. The topological polar surface area (TPSA) is 187 Å². The number of carbonyl (C=O) groups is 1. The van der Waals surface area contributed by atoms with Crippen LogP contribution in [0.1, 0.15) is 20.8 Å². The Morgan fingerprint density at radius 2 is 1.68 bits per heavy atom. The number of carbonyl (C=O) groups excluding carboxylic acids is 1. The quantitative estimate of drug-likeness (QED) is 0.156. The van der Waals surface area contributed by atoms with Crippen molar-refractivity contribution in [2.45, 2.75) is 45.1 Å². The van der Waals surface area contributed by atoms with Crippen LogP contribution in [0.4, 0.5) is 26.6 Å². The van der Waals surface area contributed by atoms with Crippen LogP contribution in [0.5, 0.6) is 5.88 Å². The maximum atomic E-state index is 15.0. The minimum absolute atomic E-state index is 0.00557. The summed E-state index contributed by atoms with van der Waals surface area (Å²) in [5.74, 6) is 1.02. The van der Waals surface area contributed by atoms with E-state index < -0.39 is 23.9 Å². The van der Waals surface area contributed by atoms with E-state index in [-0.39, 0.29) is 19.0 Å². The second-order valence-electron chi connectivity index (χ2n) is 11.8. The molecule has 0 spiro atoms. The van der Waals surface area contributed by atoms with Gasteiger partial charge in [-0.25, -0.2) is 14.2 Å². The Labute approximate surface area is 273 Å². The monoisotopic (exact) mass is 666 g/mol. The summed E-state index contributed by atoms with van der Waals surface area (Å²) in [6.45, 7) is 10.1. The minimum Gasteiger partial charge on any atom is -0.478 e. The Bertz CT molecular complexity index is 1420. The molecule has 17 nitrogen and oxygen atoms in total. The largest absolute Gasteiger partial charge is 0.478 e. The van der Waals surface area contributed by atoms with Crippen molar-refractivity contribution in [3.8, 4) is 5.88 Å². The molecule has 47 heavy (non-hydrogen) atoms. The fourth-order valence-electron chi connectivity index (χ4n) is 4.63. The van der Waals surface area contributed by atoms with Crippen molar-refractivity contribution in [2.24, 2.45) is 12.8 Å². The van der Waals surface area contributed by atoms with Crippen molar-refractivity contribution in [3.63, 3.8) is 0 Å². The van der Waals surface area contributed by atoms with Crippen molar-refractivity contribution >= 4 is 34.7 Å². The number of alkyl carbamates (subject to hydrolysis) is 1. The predicted octanol–water partition coefficient (Wildman–Crippen LogP) is 1.39. The van der Waals surface area contributed by atoms with Crippen LogP contribution >= 0.6 is 0 Å². The molecule has 4 N–H and O–H groups in total. The van der Waals surface area contributed by atoms with Crippen LogP contribution in [0.3, 0.4) is 0 Å². The van der Waals surface area contributed by atoms with Gasteiger partial charge in [0, 0.05) is 20.1 Å². The molecule has 3 aromatic heterocycles. The molecule has 0 bridgehead atoms. The van der Waals surface area contributed by atoms with Crippen LogP contribution < -0.4 is 26.0 Å². The van der Waals surface area contributed by atoms with Gasteiger partial charge in [-0.05, 0) is 20.8 Å². The Hall–Kier alpha value is -3.84. The number of aryl methyl sites for hydroxylation is 1. The van der Waals surface area contributed by atoms with E-state index in [2.05, 4.69) is 30.7 Å². The molecule has 0 radical (unpaired) electrons. The van der Waals surface area contributed by atoms with E-state index in [4.69, 9.17) is 34.2 Å². The summed E-state index contributed by atoms with van der Waals surface area (Å²) >= 11 is 0. The van der Waals surface area contributed by atoms with Crippen LogP contribution in [0.2, 0.25) is 0 Å². The summed E-state index contributed by atoms with van der Waals surface area (Å²) in [6.07, 6.45) is 1.38. The van der Waals surface area contributed by atoms with Crippen LogP contribution in [0, 0.1) is 0 Å². The number of nitrogens with two attached hydrogens (primary N) is 1. The van der Waals surface area contributed by atoms with E-state index in [9.17, 15) is 4.79 Å². The molecular weight excluding hydrogens is 619 g/mol. The number of amides is 1. The molecule has 18 heteroatoms. The van der Waals surface area contributed by atoms with Crippen molar-refractivity contribution in [2.75, 3.05) is 89.8 Å². The minimum atomic E-state index is -1.34. The van der Waals surface area contributed by atoms with Gasteiger partial charge >= 0.3 is 6.09 Å². The smallest absolute Gasteiger partial charge is 0.408 e. The van der Waals surface area contributed by atoms with E-state index in [1.54, 1.807) is 47.4 Å². The highest BCUT2D eigenvalue weighted by molar-refractivity contribution is 5.87. The Kier molecular flexibility index (Phi) is 13.3. The molecule has 0 saturated carbocycles. The molecule has 1 amide bonds. The molecule has 4 heterocycles. The zero-order chi connectivity index (χ0) is 33.8. The van der Waals surface area contributed by atoms with E-state index in [1.807, 2.05) is 7.05 Å². The Morgan fingerprint density at radius 3 is 2.32 bits per heavy atom. The maximum Gasteiger partial charge on any atom is 0.408 e. The summed E-state index contributed by atoms with van der Waals surface area (Å²) in [5.41, 5.74) is 6.27. The molecule has 2 atom stereocenters. The second-order valence-corrected chi connectivity index (χ2v) is 11.8. The van der Waals surface area contributed by atoms with Crippen LogP contribution in [0.15, 0.2) is 12.5 Å². The van der Waals surface area contributed by atoms with Gasteiger partial charge < -0.3 is 54.3 Å². The molecule has 0 aromatic carbocycles. The lowest BCUT2D eigenvalue weighted by Gasteiger charge is -2.22. The second kappa shape index (κ2) is 17.4. The Balaban J connectivity index is 1.31. The van der Waals surface area contributed by atoms with Gasteiger partial charge in [-0.15, -0.1) is 5.10 Å². The molecule has 1 aliphatic rings. The summed E-state index contributed by atoms with van der Waals surface area (Å²) in [6, 6.07) is -0.787. The zero-order valence-electron chi connectivity index (χ0n) is 27.7. The first-order chi connectivity index (χ1) is 22.6. The SMILES string of the molecule is COc1nn(CCOCCOCCOCCOCCN)cc1Nc1nc(N2C[C@@H](F)[C@H](NC(=O)OC(C)(C)C)C2)nc2c1ncn2C. The normalized spacial score (nSPS) is 16.6. The number of ether oxygens (including phenoxy) is 6. The van der Waals surface area contributed by atoms with Crippen LogP contribution in [-0.2, 0) is 37.3 Å². The Morgan fingerprint density at radius 1 is 1.02 bits per heavy atom. The van der Waals surface area contributed by atoms with Crippen molar-refractivity contribution in [1.29, 1.82) is 0 Å². The molecule has 3 aromatic rings. The molecule has 4 rings (SSSR count). The molecule has 1 saturated heterocycles. The number of anilines is 3. The number of alkyl halides is 1. The summed E-state index contributed by atoms with van der Waals surface area (Å²) < 4.78 is 51.1. The van der Waals surface area contributed by atoms with Gasteiger partial charge in [-0.3, -0.25) is 4.68 Å². The number of nitrogens with one attached hydrogen (secondary N) is 2. The zero-order valence-corrected chi connectivity index (χ0v) is 27.7. The van der Waals surface area contributed by atoms with Crippen LogP contribution in [-0.4, -0.2) is 133 Å². The van der Waals surface area contributed by atoms with E-state index in [1.165, 1.54) is 7.11 Å². The fraction of sp³-hybridized carbons (Fsp3) is 0.690. The number of rotatable bonds is 19. The average Bonchev–Trinajstić information content (AvgIpc) is 3.71. The highest BCUT2D eigenvalue weighted by Crippen LogP contribution is 2.31. The predicted molar refractivity (Wildman–Crippen MR) is 171 cm³/mol. The van der Waals surface area contributed by atoms with Crippen molar-refractivity contribution in [1.82, 2.24) is 34.6 Å². The van der Waals surface area contributed by atoms with Gasteiger partial charge in [0.05, 0.1) is 91.6 Å². The summed E-state index contributed by atoms with van der Waals surface area (Å²) in [5, 5.41) is 10.4. The molecular formula is C29H47FN10O7. The van der Waals surface area contributed by atoms with Gasteiger partial charge in [-0.2, -0.15) is 9.97 Å². The van der Waals surface area contributed by atoms with Gasteiger partial charge in [0.1, 0.15) is 17.5 Å². The number of imidazole rings is 1. The molecule has 1 fully saturated rings. The van der Waals surface area contributed by atoms with Crippen molar-refractivity contribution in [3.05, 3.63) is 12.5 Å². The first-order valence-electron chi connectivity index (χ1n) is 15.5. The highest BCUT2D eigenvalue weighted by Gasteiger charge is 2.37. The number of hydrogen-bond acceptors (Lipinski definition) is 14. The van der Waals surface area contributed by atoms with Crippen molar-refractivity contribution < 1.29 is 37.6 Å². The molecule has 0 unspecified atom stereocenters. The van der Waals surface area contributed by atoms with Gasteiger partial charge in [0.25, 0.3) is 5.88 Å². The number of halogens is 1. The maximum absolute atomic E-state index is 15.0. The first kappa shape index (κ1) is 36.0. The molecule has 1 aliphatic heterocycles. The third kappa shape index (κ3) is 10.9. The number of fused-ring (bicyclic) bond motifs is 1. The number of nitrogens with zero attached hydrogens (tertiary/aromatic N) is 7. The molecule has 0 aliphatic carbocycles. The standard InChI is InChI=1S/C29H47FN10O7/c1-29(2,3)47-28(41)34-21-17-39(16-20(21)30)27-35-24(23-25(36-27)38(4)19-32-23)33-22-18-40(37-26(22)42-5)7-9-44-11-13-46-15-14-45-12-10-43-8-6-31/h18-21H,6-17,31H2,1-5H3,(H,34,41)(H,33,35,36)/t20-,21-/m1/s1. The van der Waals surface area contributed by atoms with Gasteiger partial charge in [-0.1, -0.05) is 0 Å². The fourth-order valence-corrected chi connectivity index (χ4v) is 4.63. The van der Waals surface area contributed by atoms with E-state index in [0.717, 1.165) is 0 Å². The lowest BCUT2D eigenvalue weighted by atomic mass is 10.2.